The second-order valence-electron chi connectivity index (χ2n) is 7.33. The highest BCUT2D eigenvalue weighted by molar-refractivity contribution is 5.85. The minimum atomic E-state index is -5.08. The lowest BCUT2D eigenvalue weighted by molar-refractivity contribution is -0.192. The predicted molar refractivity (Wildman–Crippen MR) is 117 cm³/mol. The van der Waals surface area contributed by atoms with Gasteiger partial charge in [0.2, 0.25) is 0 Å². The number of benzene rings is 2. The fraction of sp³-hybridized carbons (Fsp3) is 0.348. The van der Waals surface area contributed by atoms with Gasteiger partial charge in [0.05, 0.1) is 7.11 Å². The molecule has 0 bridgehead atoms. The molecule has 0 amide bonds. The number of fused-ring (bicyclic) bond motifs is 3. The number of aromatic nitrogens is 1. The van der Waals surface area contributed by atoms with Crippen molar-refractivity contribution in [2.75, 3.05) is 25.5 Å². The van der Waals surface area contributed by atoms with Crippen molar-refractivity contribution < 1.29 is 27.8 Å². The van der Waals surface area contributed by atoms with E-state index in [1.807, 2.05) is 12.1 Å². The Hall–Kier alpha value is -3.20. The fourth-order valence-electron chi connectivity index (χ4n) is 3.76. The SMILES string of the molecule is COc1ccc(NCCCn2c3c(c4ccccc42)CCNC3)cc1.O=C(O)C(F)(F)F. The number of alkyl halides is 3. The molecule has 0 atom stereocenters. The Kier molecular flexibility index (Phi) is 7.63. The lowest BCUT2D eigenvalue weighted by atomic mass is 10.1. The van der Waals surface area contributed by atoms with Gasteiger partial charge >= 0.3 is 12.1 Å². The van der Waals surface area contributed by atoms with E-state index in [1.165, 1.54) is 22.2 Å². The van der Waals surface area contributed by atoms with E-state index >= 15 is 0 Å². The number of nitrogens with zero attached hydrogens (tertiary/aromatic N) is 1. The number of hydrogen-bond acceptors (Lipinski definition) is 4. The van der Waals surface area contributed by atoms with Crippen molar-refractivity contribution in [1.29, 1.82) is 0 Å². The molecule has 1 aliphatic rings. The van der Waals surface area contributed by atoms with Crippen LogP contribution in [0.1, 0.15) is 17.7 Å². The Labute approximate surface area is 184 Å². The van der Waals surface area contributed by atoms with Crippen LogP contribution in [-0.2, 0) is 24.3 Å². The maximum absolute atomic E-state index is 10.6. The van der Waals surface area contributed by atoms with E-state index in [9.17, 15) is 13.2 Å². The Morgan fingerprint density at radius 1 is 1.19 bits per heavy atom. The molecule has 0 aliphatic carbocycles. The van der Waals surface area contributed by atoms with Crippen LogP contribution in [0.4, 0.5) is 18.9 Å². The quantitative estimate of drug-likeness (QED) is 0.486. The van der Waals surface area contributed by atoms with E-state index in [1.54, 1.807) is 7.11 Å². The summed E-state index contributed by atoms with van der Waals surface area (Å²) in [5.74, 6) is -1.86. The van der Waals surface area contributed by atoms with Crippen LogP contribution in [0.5, 0.6) is 5.75 Å². The number of hydrogen-bond donors (Lipinski definition) is 3. The van der Waals surface area contributed by atoms with Crippen molar-refractivity contribution in [3.8, 4) is 5.75 Å². The summed E-state index contributed by atoms with van der Waals surface area (Å²) in [5.41, 5.74) is 5.52. The molecule has 9 heteroatoms. The number of anilines is 1. The van der Waals surface area contributed by atoms with Crippen LogP contribution >= 0.6 is 0 Å². The Morgan fingerprint density at radius 2 is 1.88 bits per heavy atom. The summed E-state index contributed by atoms with van der Waals surface area (Å²) in [5, 5.41) is 15.6. The van der Waals surface area contributed by atoms with Crippen LogP contribution in [0.3, 0.4) is 0 Å². The van der Waals surface area contributed by atoms with E-state index in [-0.39, 0.29) is 0 Å². The summed E-state index contributed by atoms with van der Waals surface area (Å²) >= 11 is 0. The van der Waals surface area contributed by atoms with E-state index < -0.39 is 12.1 Å². The van der Waals surface area contributed by atoms with Crippen molar-refractivity contribution in [2.24, 2.45) is 0 Å². The molecule has 1 aliphatic heterocycles. The summed E-state index contributed by atoms with van der Waals surface area (Å²) in [6, 6.07) is 16.9. The lowest BCUT2D eigenvalue weighted by Gasteiger charge is -2.17. The average molecular weight is 449 g/mol. The van der Waals surface area contributed by atoms with Gasteiger partial charge in [0.15, 0.2) is 0 Å². The summed E-state index contributed by atoms with van der Waals surface area (Å²) in [6.45, 7) is 4.07. The summed E-state index contributed by atoms with van der Waals surface area (Å²) in [4.78, 5) is 8.90. The first kappa shape index (κ1) is 23.5. The zero-order valence-electron chi connectivity index (χ0n) is 17.7. The van der Waals surface area contributed by atoms with Gasteiger partial charge in [-0.25, -0.2) is 4.79 Å². The van der Waals surface area contributed by atoms with Gasteiger partial charge in [-0.05, 0) is 55.3 Å². The third-order valence-electron chi connectivity index (χ3n) is 5.26. The average Bonchev–Trinajstić information content (AvgIpc) is 3.11. The van der Waals surface area contributed by atoms with Gasteiger partial charge in [-0.3, -0.25) is 0 Å². The molecule has 0 fully saturated rings. The maximum Gasteiger partial charge on any atom is 0.490 e. The van der Waals surface area contributed by atoms with Gasteiger partial charge < -0.3 is 25.0 Å². The molecule has 172 valence electrons. The van der Waals surface area contributed by atoms with E-state index in [4.69, 9.17) is 14.6 Å². The van der Waals surface area contributed by atoms with Gasteiger partial charge in [0.1, 0.15) is 5.75 Å². The number of carboxylic acids is 1. The molecule has 2 heterocycles. The van der Waals surface area contributed by atoms with Crippen LogP contribution in [0.15, 0.2) is 48.5 Å². The number of rotatable bonds is 6. The molecule has 0 radical (unpaired) electrons. The zero-order chi connectivity index (χ0) is 23.1. The molecule has 4 rings (SSSR count). The first-order chi connectivity index (χ1) is 15.3. The number of aliphatic carboxylic acids is 1. The van der Waals surface area contributed by atoms with E-state index in [0.29, 0.717) is 0 Å². The molecule has 3 N–H and O–H groups in total. The number of methoxy groups -OCH3 is 1. The molecule has 0 spiro atoms. The highest BCUT2D eigenvalue weighted by atomic mass is 19.4. The molecule has 0 saturated heterocycles. The maximum atomic E-state index is 10.6. The summed E-state index contributed by atoms with van der Waals surface area (Å²) in [6.07, 6.45) is -2.86. The zero-order valence-corrected chi connectivity index (χ0v) is 17.7. The monoisotopic (exact) mass is 449 g/mol. The van der Waals surface area contributed by atoms with Crippen molar-refractivity contribution in [3.05, 3.63) is 59.8 Å². The second kappa shape index (κ2) is 10.4. The minimum Gasteiger partial charge on any atom is -0.497 e. The van der Waals surface area contributed by atoms with E-state index in [0.717, 1.165) is 50.5 Å². The number of nitrogens with one attached hydrogen (secondary N) is 2. The van der Waals surface area contributed by atoms with Crippen LogP contribution in [0.25, 0.3) is 10.9 Å². The number of halogens is 3. The fourth-order valence-corrected chi connectivity index (χ4v) is 3.76. The van der Waals surface area contributed by atoms with Crippen LogP contribution in [-0.4, -0.2) is 42.0 Å². The highest BCUT2D eigenvalue weighted by Gasteiger charge is 2.38. The molecule has 6 nitrogen and oxygen atoms in total. The number of carbonyl (C=O) groups is 1. The molecule has 1 aromatic heterocycles. The van der Waals surface area contributed by atoms with Crippen LogP contribution in [0, 0.1) is 0 Å². The number of carboxylic acid groups (broad SMARTS) is 1. The topological polar surface area (TPSA) is 75.5 Å². The number of aryl methyl sites for hydroxylation is 1. The normalized spacial score (nSPS) is 13.1. The third kappa shape index (κ3) is 5.73. The molecular weight excluding hydrogens is 423 g/mol. The van der Waals surface area contributed by atoms with Gasteiger partial charge in [0, 0.05) is 41.9 Å². The number of para-hydroxylation sites is 1. The Bertz CT molecular complexity index is 1050. The van der Waals surface area contributed by atoms with Crippen molar-refractivity contribution >= 4 is 22.6 Å². The lowest BCUT2D eigenvalue weighted by Crippen LogP contribution is -2.25. The standard InChI is InChI=1S/C21H25N3O.C2HF3O2/c1-25-17-9-7-16(8-10-17)23-12-4-14-24-20-6-3-2-5-18(20)19-11-13-22-15-21(19)24;3-2(4,5)1(6)7/h2-3,5-10,22-23H,4,11-15H2,1H3;(H,6,7). The second-order valence-corrected chi connectivity index (χ2v) is 7.33. The molecule has 2 aromatic carbocycles. The first-order valence-corrected chi connectivity index (χ1v) is 10.3. The van der Waals surface area contributed by atoms with Crippen molar-refractivity contribution in [2.45, 2.75) is 32.1 Å². The summed E-state index contributed by atoms with van der Waals surface area (Å²) in [7, 11) is 1.69. The summed E-state index contributed by atoms with van der Waals surface area (Å²) < 4.78 is 39.4. The minimum absolute atomic E-state index is 0.892. The Morgan fingerprint density at radius 3 is 2.53 bits per heavy atom. The van der Waals surface area contributed by atoms with Crippen molar-refractivity contribution in [1.82, 2.24) is 9.88 Å². The molecule has 3 aromatic rings. The van der Waals surface area contributed by atoms with Gasteiger partial charge in [0.25, 0.3) is 0 Å². The molecule has 32 heavy (non-hydrogen) atoms. The highest BCUT2D eigenvalue weighted by Crippen LogP contribution is 2.28. The first-order valence-electron chi connectivity index (χ1n) is 10.3. The van der Waals surface area contributed by atoms with Gasteiger partial charge in [-0.1, -0.05) is 18.2 Å². The van der Waals surface area contributed by atoms with Gasteiger partial charge in [-0.15, -0.1) is 0 Å². The smallest absolute Gasteiger partial charge is 0.490 e. The largest absolute Gasteiger partial charge is 0.497 e. The van der Waals surface area contributed by atoms with Crippen molar-refractivity contribution in [3.63, 3.8) is 0 Å². The van der Waals surface area contributed by atoms with Crippen LogP contribution in [0.2, 0.25) is 0 Å². The third-order valence-corrected chi connectivity index (χ3v) is 5.26. The van der Waals surface area contributed by atoms with Gasteiger partial charge in [-0.2, -0.15) is 13.2 Å². The molecule has 0 unspecified atom stereocenters. The van der Waals surface area contributed by atoms with E-state index in [2.05, 4.69) is 51.6 Å². The predicted octanol–water partition coefficient (Wildman–Crippen LogP) is 4.43. The molecule has 0 saturated carbocycles. The van der Waals surface area contributed by atoms with Crippen LogP contribution < -0.4 is 15.4 Å². The Balaban J connectivity index is 0.000000360. The molecular formula is C23H26F3N3O3. The number of ether oxygens (including phenoxy) is 1.